The van der Waals surface area contributed by atoms with Crippen LogP contribution >= 0.6 is 0 Å². The van der Waals surface area contributed by atoms with Crippen LogP contribution in [-0.4, -0.2) is 63.8 Å². The number of nitrogens with one attached hydrogen (secondary N) is 1. The smallest absolute Gasteiger partial charge is 0.217 e. The van der Waals surface area contributed by atoms with Gasteiger partial charge in [0.05, 0.1) is 28.7 Å². The van der Waals surface area contributed by atoms with E-state index in [0.29, 0.717) is 23.4 Å². The van der Waals surface area contributed by atoms with E-state index >= 15 is 0 Å². The first-order valence-corrected chi connectivity index (χ1v) is 14.8. The van der Waals surface area contributed by atoms with E-state index in [0.717, 1.165) is 67.0 Å². The van der Waals surface area contributed by atoms with Gasteiger partial charge in [-0.3, -0.25) is 9.78 Å². The summed E-state index contributed by atoms with van der Waals surface area (Å²) in [6.07, 6.45) is 12.2. The maximum absolute atomic E-state index is 11.4. The fraction of sp³-hybridized carbons (Fsp3) is 0.375. The van der Waals surface area contributed by atoms with Crippen molar-refractivity contribution in [3.8, 4) is 16.9 Å². The minimum atomic E-state index is 0.0116. The molecule has 2 aliphatic heterocycles. The Hall–Kier alpha value is -4.64. The lowest BCUT2D eigenvalue weighted by Gasteiger charge is -2.34. The zero-order valence-electron chi connectivity index (χ0n) is 24.8. The van der Waals surface area contributed by atoms with Gasteiger partial charge in [0.15, 0.2) is 0 Å². The number of pyridine rings is 1. The molecule has 2 saturated heterocycles. The molecule has 2 aliphatic rings. The van der Waals surface area contributed by atoms with Gasteiger partial charge in [0.1, 0.15) is 11.6 Å². The number of aromatic nitrogens is 3. The molecule has 226 valence electrons. The number of aromatic hydroxyl groups is 1. The van der Waals surface area contributed by atoms with Crippen molar-refractivity contribution >= 4 is 34.3 Å². The molecule has 0 radical (unpaired) electrons. The third kappa shape index (κ3) is 7.06. The number of phenols is 1. The molecule has 5 heterocycles. The topological polar surface area (TPSA) is 156 Å². The molecular weight excluding hydrogens is 544 g/mol. The van der Waals surface area contributed by atoms with Crippen LogP contribution < -0.4 is 21.7 Å². The number of piperidine rings is 1. The lowest BCUT2D eigenvalue weighted by Crippen LogP contribution is -2.44. The standard InChI is InChI=1S/C28H32N8O2.C4H8O/c1-3-18-12-21(38)4-5-24(18)34-28(30)23-15-32-36-16-19(13-26(36)27(23)29)22-14-31-9-6-25(22)35-10-7-20(8-11-35)33-17(2)37;1-2-4-5-3-1/h4-6,9,12-16,20,38H,3,7-8,10-11,29H2,1-2H3,(H2,30,34)(H,33,37);1-4H2. The minimum absolute atomic E-state index is 0.0116. The first-order valence-electron chi connectivity index (χ1n) is 14.8. The summed E-state index contributed by atoms with van der Waals surface area (Å²) in [6, 6.07) is 9.22. The van der Waals surface area contributed by atoms with Crippen molar-refractivity contribution in [2.45, 2.75) is 52.0 Å². The van der Waals surface area contributed by atoms with Gasteiger partial charge in [0.2, 0.25) is 5.91 Å². The highest BCUT2D eigenvalue weighted by molar-refractivity contribution is 6.06. The second-order valence-corrected chi connectivity index (χ2v) is 10.9. The number of anilines is 2. The Bertz CT molecular complexity index is 1600. The number of nitrogen functional groups attached to an aromatic ring is 1. The molecule has 0 bridgehead atoms. The number of carbonyl (C=O) groups excluding carboxylic acids is 1. The second-order valence-electron chi connectivity index (χ2n) is 10.9. The highest BCUT2D eigenvalue weighted by Gasteiger charge is 2.23. The number of nitrogens with zero attached hydrogens (tertiary/aromatic N) is 5. The van der Waals surface area contributed by atoms with E-state index in [1.54, 1.807) is 42.0 Å². The largest absolute Gasteiger partial charge is 0.508 e. The first-order chi connectivity index (χ1) is 20.8. The van der Waals surface area contributed by atoms with Crippen molar-refractivity contribution in [2.24, 2.45) is 10.7 Å². The number of hydrogen-bond acceptors (Lipinski definition) is 8. The zero-order valence-corrected chi connectivity index (χ0v) is 24.8. The van der Waals surface area contributed by atoms with Gasteiger partial charge >= 0.3 is 0 Å². The number of amidine groups is 1. The number of rotatable bonds is 6. The van der Waals surface area contributed by atoms with Crippen LogP contribution in [0.1, 0.15) is 50.7 Å². The van der Waals surface area contributed by atoms with Gasteiger partial charge in [-0.25, -0.2) is 9.51 Å². The third-order valence-electron chi connectivity index (χ3n) is 7.82. The number of hydrogen-bond donors (Lipinski definition) is 4. The summed E-state index contributed by atoms with van der Waals surface area (Å²) in [5.74, 6) is 0.455. The molecule has 0 unspecified atom stereocenters. The number of aliphatic imine (C=N–C) groups is 1. The molecule has 4 aromatic rings. The van der Waals surface area contributed by atoms with Crippen LogP contribution in [0.25, 0.3) is 16.6 Å². The van der Waals surface area contributed by atoms with Gasteiger partial charge < -0.3 is 31.5 Å². The molecule has 0 aliphatic carbocycles. The number of phenolic OH excluding ortho intramolecular Hbond substituents is 1. The lowest BCUT2D eigenvalue weighted by molar-refractivity contribution is -0.119. The van der Waals surface area contributed by atoms with Gasteiger partial charge in [-0.2, -0.15) is 5.10 Å². The van der Waals surface area contributed by atoms with Gasteiger partial charge in [0.25, 0.3) is 0 Å². The van der Waals surface area contributed by atoms with E-state index < -0.39 is 0 Å². The highest BCUT2D eigenvalue weighted by atomic mass is 16.5. The fourth-order valence-corrected chi connectivity index (χ4v) is 5.53. The molecule has 6 N–H and O–H groups in total. The number of nitrogens with two attached hydrogens (primary N) is 2. The number of fused-ring (bicyclic) bond motifs is 1. The average Bonchev–Trinajstić information content (AvgIpc) is 3.73. The van der Waals surface area contributed by atoms with Crippen LogP contribution in [0.15, 0.2) is 60.1 Å². The Balaban J connectivity index is 0.000000668. The molecular formula is C32H40N8O3. The third-order valence-corrected chi connectivity index (χ3v) is 7.82. The van der Waals surface area contributed by atoms with Crippen molar-refractivity contribution in [3.05, 3.63) is 66.2 Å². The second kappa shape index (κ2) is 13.6. The number of aryl methyl sites for hydroxylation is 1. The number of ether oxygens (including phenoxy) is 1. The Morgan fingerprint density at radius 3 is 2.60 bits per heavy atom. The number of carbonyl (C=O) groups is 1. The summed E-state index contributed by atoms with van der Waals surface area (Å²) in [5, 5.41) is 17.4. The van der Waals surface area contributed by atoms with E-state index in [1.165, 1.54) is 12.8 Å². The molecule has 6 rings (SSSR count). The molecule has 0 atom stereocenters. The molecule has 11 heteroatoms. The zero-order chi connectivity index (χ0) is 30.3. The Morgan fingerprint density at radius 2 is 1.93 bits per heavy atom. The Kier molecular flexibility index (Phi) is 9.41. The van der Waals surface area contributed by atoms with E-state index in [2.05, 4.69) is 25.3 Å². The predicted molar refractivity (Wildman–Crippen MR) is 170 cm³/mol. The molecule has 11 nitrogen and oxygen atoms in total. The van der Waals surface area contributed by atoms with E-state index in [4.69, 9.17) is 16.2 Å². The summed E-state index contributed by atoms with van der Waals surface area (Å²) in [5.41, 5.74) is 19.3. The van der Waals surface area contributed by atoms with Crippen LogP contribution in [0.2, 0.25) is 0 Å². The monoisotopic (exact) mass is 584 g/mol. The Labute approximate surface area is 251 Å². The maximum atomic E-state index is 11.4. The van der Waals surface area contributed by atoms with Crippen molar-refractivity contribution in [2.75, 3.05) is 36.9 Å². The van der Waals surface area contributed by atoms with Gasteiger partial charge in [-0.15, -0.1) is 0 Å². The van der Waals surface area contributed by atoms with Crippen LogP contribution in [0.5, 0.6) is 5.75 Å². The molecule has 0 saturated carbocycles. The first kappa shape index (κ1) is 29.8. The van der Waals surface area contributed by atoms with E-state index in [1.807, 2.05) is 31.5 Å². The van der Waals surface area contributed by atoms with Crippen LogP contribution in [-0.2, 0) is 16.0 Å². The molecule has 43 heavy (non-hydrogen) atoms. The van der Waals surface area contributed by atoms with Crippen molar-refractivity contribution < 1.29 is 14.6 Å². The summed E-state index contributed by atoms with van der Waals surface area (Å²) in [6.45, 7) is 7.23. The maximum Gasteiger partial charge on any atom is 0.217 e. The molecule has 2 fully saturated rings. The van der Waals surface area contributed by atoms with Gasteiger partial charge in [0, 0.05) is 74.7 Å². The van der Waals surface area contributed by atoms with Crippen molar-refractivity contribution in [3.63, 3.8) is 0 Å². The Morgan fingerprint density at radius 1 is 1.16 bits per heavy atom. The number of benzene rings is 1. The van der Waals surface area contributed by atoms with Crippen LogP contribution in [0, 0.1) is 0 Å². The van der Waals surface area contributed by atoms with Crippen molar-refractivity contribution in [1.29, 1.82) is 0 Å². The summed E-state index contributed by atoms with van der Waals surface area (Å²) in [4.78, 5) is 22.7. The van der Waals surface area contributed by atoms with Crippen LogP contribution in [0.3, 0.4) is 0 Å². The lowest BCUT2D eigenvalue weighted by atomic mass is 10.0. The normalized spacial score (nSPS) is 15.8. The van der Waals surface area contributed by atoms with Gasteiger partial charge in [-0.05, 0) is 68.0 Å². The SMILES string of the molecule is C1CCOC1.CCc1cc(O)ccc1N=C(N)c1cnn2cc(-c3cnccc3N3CCC(NC(C)=O)CC3)cc2c1N. The number of amides is 1. The van der Waals surface area contributed by atoms with E-state index in [9.17, 15) is 9.90 Å². The highest BCUT2D eigenvalue weighted by Crippen LogP contribution is 2.34. The van der Waals surface area contributed by atoms with Crippen molar-refractivity contribution in [1.82, 2.24) is 19.9 Å². The van der Waals surface area contributed by atoms with Gasteiger partial charge in [-0.1, -0.05) is 6.92 Å². The summed E-state index contributed by atoms with van der Waals surface area (Å²) in [7, 11) is 0. The summed E-state index contributed by atoms with van der Waals surface area (Å²) < 4.78 is 6.68. The average molecular weight is 585 g/mol. The predicted octanol–water partition coefficient (Wildman–Crippen LogP) is 4.19. The molecule has 3 aromatic heterocycles. The van der Waals surface area contributed by atoms with E-state index in [-0.39, 0.29) is 23.5 Å². The quantitative estimate of drug-likeness (QED) is 0.194. The van der Waals surface area contributed by atoms with Crippen LogP contribution in [0.4, 0.5) is 17.1 Å². The summed E-state index contributed by atoms with van der Waals surface area (Å²) >= 11 is 0. The molecule has 1 amide bonds. The fourth-order valence-electron chi connectivity index (χ4n) is 5.53. The molecule has 0 spiro atoms. The molecule has 1 aromatic carbocycles. The minimum Gasteiger partial charge on any atom is -0.508 e.